The fourth-order valence-electron chi connectivity index (χ4n) is 2.97. The molecule has 3 rings (SSSR count). The second-order valence-corrected chi connectivity index (χ2v) is 7.49. The van der Waals surface area contributed by atoms with Crippen LogP contribution in [0.3, 0.4) is 0 Å². The summed E-state index contributed by atoms with van der Waals surface area (Å²) in [6.45, 7) is 5.86. The largest absolute Gasteiger partial charge is 0.357 e. The summed E-state index contributed by atoms with van der Waals surface area (Å²) in [5.41, 5.74) is 1.87. The van der Waals surface area contributed by atoms with Crippen molar-refractivity contribution in [1.29, 1.82) is 0 Å². The molecule has 0 atom stereocenters. The van der Waals surface area contributed by atoms with Crippen molar-refractivity contribution in [1.82, 2.24) is 15.5 Å². The van der Waals surface area contributed by atoms with Crippen LogP contribution in [0.5, 0.6) is 0 Å². The number of benzene rings is 1. The number of rotatable bonds is 6. The fraction of sp³-hybridized carbons (Fsp3) is 0.400. The number of likely N-dealkylation sites (tertiary alicyclic amines) is 1. The zero-order valence-corrected chi connectivity index (χ0v) is 19.3. The SMILES string of the molecule is CCNC(=NCc1cccc(NC(=O)N2CCCC2)c1)NCc1cccs1.I. The monoisotopic (exact) mass is 513 g/mol. The van der Waals surface area contributed by atoms with Crippen molar-refractivity contribution in [2.75, 3.05) is 25.0 Å². The van der Waals surface area contributed by atoms with Gasteiger partial charge in [-0.25, -0.2) is 9.79 Å². The summed E-state index contributed by atoms with van der Waals surface area (Å²) in [7, 11) is 0. The molecule has 28 heavy (non-hydrogen) atoms. The number of thiophene rings is 1. The van der Waals surface area contributed by atoms with E-state index in [0.29, 0.717) is 6.54 Å². The van der Waals surface area contributed by atoms with Crippen LogP contribution in [0, 0.1) is 0 Å². The molecule has 0 aliphatic carbocycles. The highest BCUT2D eigenvalue weighted by Gasteiger charge is 2.17. The van der Waals surface area contributed by atoms with Crippen molar-refractivity contribution in [3.63, 3.8) is 0 Å². The van der Waals surface area contributed by atoms with Gasteiger partial charge in [0.1, 0.15) is 0 Å². The van der Waals surface area contributed by atoms with Gasteiger partial charge < -0.3 is 20.9 Å². The van der Waals surface area contributed by atoms with Crippen LogP contribution in [0.2, 0.25) is 0 Å². The summed E-state index contributed by atoms with van der Waals surface area (Å²) in [4.78, 5) is 20.0. The van der Waals surface area contributed by atoms with E-state index in [9.17, 15) is 4.79 Å². The third kappa shape index (κ3) is 6.97. The lowest BCUT2D eigenvalue weighted by Gasteiger charge is -2.16. The first kappa shape index (κ1) is 22.5. The van der Waals surface area contributed by atoms with E-state index in [1.807, 2.05) is 35.2 Å². The van der Waals surface area contributed by atoms with Crippen LogP contribution < -0.4 is 16.0 Å². The summed E-state index contributed by atoms with van der Waals surface area (Å²) in [6, 6.07) is 12.0. The van der Waals surface area contributed by atoms with Gasteiger partial charge in [0.05, 0.1) is 13.1 Å². The number of carbonyl (C=O) groups is 1. The van der Waals surface area contributed by atoms with Crippen molar-refractivity contribution in [2.24, 2.45) is 4.99 Å². The summed E-state index contributed by atoms with van der Waals surface area (Å²) < 4.78 is 0. The van der Waals surface area contributed by atoms with Gasteiger partial charge >= 0.3 is 6.03 Å². The molecule has 1 aliphatic rings. The van der Waals surface area contributed by atoms with E-state index >= 15 is 0 Å². The molecule has 0 unspecified atom stereocenters. The minimum Gasteiger partial charge on any atom is -0.357 e. The first-order chi connectivity index (χ1) is 13.2. The quantitative estimate of drug-likeness (QED) is 0.308. The maximum Gasteiger partial charge on any atom is 0.321 e. The maximum absolute atomic E-state index is 12.2. The molecule has 1 aliphatic heterocycles. The molecule has 2 heterocycles. The molecule has 2 aromatic rings. The molecule has 1 aromatic heterocycles. The van der Waals surface area contributed by atoms with Crippen molar-refractivity contribution in [3.05, 3.63) is 52.2 Å². The highest BCUT2D eigenvalue weighted by molar-refractivity contribution is 14.0. The van der Waals surface area contributed by atoms with E-state index < -0.39 is 0 Å². The van der Waals surface area contributed by atoms with E-state index in [1.54, 1.807) is 11.3 Å². The molecule has 1 fully saturated rings. The number of carbonyl (C=O) groups excluding carboxylic acids is 1. The third-order valence-electron chi connectivity index (χ3n) is 4.35. The Morgan fingerprint density at radius 3 is 2.71 bits per heavy atom. The minimum absolute atomic E-state index is 0. The van der Waals surface area contributed by atoms with Crippen LogP contribution >= 0.6 is 35.3 Å². The second-order valence-electron chi connectivity index (χ2n) is 6.45. The van der Waals surface area contributed by atoms with E-state index in [1.165, 1.54) is 4.88 Å². The summed E-state index contributed by atoms with van der Waals surface area (Å²) >= 11 is 1.73. The first-order valence-corrected chi connectivity index (χ1v) is 10.3. The lowest BCUT2D eigenvalue weighted by atomic mass is 10.2. The Morgan fingerprint density at radius 2 is 2.00 bits per heavy atom. The summed E-state index contributed by atoms with van der Waals surface area (Å²) in [5.74, 6) is 0.789. The Kier molecular flexibility index (Phi) is 9.56. The molecule has 152 valence electrons. The predicted octanol–water partition coefficient (Wildman–Crippen LogP) is 4.25. The molecule has 8 heteroatoms. The van der Waals surface area contributed by atoms with Gasteiger partial charge in [-0.05, 0) is 48.9 Å². The molecule has 1 aromatic carbocycles. The van der Waals surface area contributed by atoms with Crippen LogP contribution in [-0.4, -0.2) is 36.5 Å². The van der Waals surface area contributed by atoms with Crippen molar-refractivity contribution in [2.45, 2.75) is 32.9 Å². The van der Waals surface area contributed by atoms with E-state index in [4.69, 9.17) is 0 Å². The van der Waals surface area contributed by atoms with Crippen molar-refractivity contribution < 1.29 is 4.79 Å². The molecule has 0 bridgehead atoms. The number of anilines is 1. The molecule has 2 amide bonds. The van der Waals surface area contributed by atoms with Crippen LogP contribution in [0.15, 0.2) is 46.8 Å². The number of nitrogens with zero attached hydrogens (tertiary/aromatic N) is 2. The van der Waals surface area contributed by atoms with Gasteiger partial charge in [-0.3, -0.25) is 0 Å². The molecular formula is C20H28IN5OS. The van der Waals surface area contributed by atoms with E-state index in [2.05, 4.69) is 39.3 Å². The van der Waals surface area contributed by atoms with Gasteiger partial charge in [0, 0.05) is 30.2 Å². The average Bonchev–Trinajstić information content (AvgIpc) is 3.38. The lowest BCUT2D eigenvalue weighted by Crippen LogP contribution is -2.36. The maximum atomic E-state index is 12.2. The molecule has 0 saturated carbocycles. The second kappa shape index (κ2) is 11.9. The summed E-state index contributed by atoms with van der Waals surface area (Å²) in [5, 5.41) is 11.7. The molecule has 1 saturated heterocycles. The van der Waals surface area contributed by atoms with Crippen LogP contribution in [0.25, 0.3) is 0 Å². The number of nitrogens with one attached hydrogen (secondary N) is 3. The topological polar surface area (TPSA) is 68.8 Å². The number of aliphatic imine (C=N–C) groups is 1. The van der Waals surface area contributed by atoms with Gasteiger partial charge in [0.15, 0.2) is 5.96 Å². The van der Waals surface area contributed by atoms with E-state index in [0.717, 1.165) is 56.2 Å². The first-order valence-electron chi connectivity index (χ1n) is 9.44. The zero-order valence-electron chi connectivity index (χ0n) is 16.1. The Balaban J connectivity index is 0.00000280. The van der Waals surface area contributed by atoms with Gasteiger partial charge in [0.2, 0.25) is 0 Å². The predicted molar refractivity (Wildman–Crippen MR) is 128 cm³/mol. The number of amides is 2. The Labute approximate surface area is 187 Å². The van der Waals surface area contributed by atoms with Crippen LogP contribution in [-0.2, 0) is 13.1 Å². The zero-order chi connectivity index (χ0) is 18.9. The minimum atomic E-state index is -0.0147. The Hall–Kier alpha value is -1.81. The van der Waals surface area contributed by atoms with E-state index in [-0.39, 0.29) is 30.0 Å². The molecule has 0 spiro atoms. The van der Waals surface area contributed by atoms with Crippen molar-refractivity contribution in [3.8, 4) is 0 Å². The smallest absolute Gasteiger partial charge is 0.321 e. The molecule has 3 N–H and O–H groups in total. The number of urea groups is 1. The number of hydrogen-bond acceptors (Lipinski definition) is 3. The number of hydrogen-bond donors (Lipinski definition) is 3. The molecule has 6 nitrogen and oxygen atoms in total. The molecule has 0 radical (unpaired) electrons. The Bertz CT molecular complexity index is 760. The molecular weight excluding hydrogens is 485 g/mol. The van der Waals surface area contributed by atoms with Gasteiger partial charge in [0.25, 0.3) is 0 Å². The van der Waals surface area contributed by atoms with Gasteiger partial charge in [-0.1, -0.05) is 18.2 Å². The number of guanidine groups is 1. The average molecular weight is 513 g/mol. The van der Waals surface area contributed by atoms with Crippen molar-refractivity contribution >= 4 is 53.0 Å². The van der Waals surface area contributed by atoms with Crippen LogP contribution in [0.4, 0.5) is 10.5 Å². The van der Waals surface area contributed by atoms with Gasteiger partial charge in [-0.15, -0.1) is 35.3 Å². The standard InChI is InChI=1S/C20H27N5OS.HI/c1-2-21-19(23-15-18-9-6-12-27-18)22-14-16-7-5-8-17(13-16)24-20(26)25-10-3-4-11-25;/h5-9,12-13H,2-4,10-11,14-15H2,1H3,(H,24,26)(H2,21,22,23);1H. The lowest BCUT2D eigenvalue weighted by molar-refractivity contribution is 0.222. The normalized spacial score (nSPS) is 13.8. The highest BCUT2D eigenvalue weighted by Crippen LogP contribution is 2.15. The highest BCUT2D eigenvalue weighted by atomic mass is 127. The third-order valence-corrected chi connectivity index (χ3v) is 5.22. The summed E-state index contributed by atoms with van der Waals surface area (Å²) in [6.07, 6.45) is 2.18. The van der Waals surface area contributed by atoms with Crippen LogP contribution in [0.1, 0.15) is 30.2 Å². The van der Waals surface area contributed by atoms with Gasteiger partial charge in [-0.2, -0.15) is 0 Å². The fourth-order valence-corrected chi connectivity index (χ4v) is 3.61. The Morgan fingerprint density at radius 1 is 1.18 bits per heavy atom. The number of halogens is 1.